The lowest BCUT2D eigenvalue weighted by Crippen LogP contribution is -2.30. The second kappa shape index (κ2) is 6.90. The van der Waals surface area contributed by atoms with E-state index in [9.17, 15) is 22.4 Å². The minimum absolute atomic E-state index is 0.106. The molecule has 0 saturated heterocycles. The fourth-order valence-corrected chi connectivity index (χ4v) is 2.55. The van der Waals surface area contributed by atoms with E-state index in [4.69, 9.17) is 4.74 Å². The molecule has 0 aliphatic carbocycles. The molecule has 0 spiro atoms. The van der Waals surface area contributed by atoms with Crippen molar-refractivity contribution in [1.82, 2.24) is 9.55 Å². The zero-order valence-electron chi connectivity index (χ0n) is 14.3. The lowest BCUT2D eigenvalue weighted by molar-refractivity contribution is -0.146. The molecule has 1 atom stereocenters. The minimum Gasteiger partial charge on any atom is -0.481 e. The third kappa shape index (κ3) is 4.02. The SMILES string of the molecule is CC(Oc1ccc(F)cc1)C(=O)Nc1ccc2c(c1)nc(C(F)(F)F)n2C. The van der Waals surface area contributed by atoms with Crippen molar-refractivity contribution in [3.8, 4) is 5.75 Å². The maximum atomic E-state index is 12.9. The highest BCUT2D eigenvalue weighted by Crippen LogP contribution is 2.31. The van der Waals surface area contributed by atoms with Crippen molar-refractivity contribution in [1.29, 1.82) is 0 Å². The maximum absolute atomic E-state index is 12.9. The molecule has 9 heteroatoms. The molecule has 142 valence electrons. The van der Waals surface area contributed by atoms with Gasteiger partial charge in [-0.1, -0.05) is 0 Å². The number of hydrogen-bond acceptors (Lipinski definition) is 3. The van der Waals surface area contributed by atoms with E-state index in [0.717, 1.165) is 4.57 Å². The predicted octanol–water partition coefficient (Wildman–Crippen LogP) is 4.14. The standard InChI is InChI=1S/C18H15F4N3O2/c1-10(27-13-6-3-11(19)4-7-13)16(26)23-12-5-8-15-14(9-12)24-17(25(15)2)18(20,21)22/h3-10H,1-2H3,(H,23,26). The molecule has 0 bridgehead atoms. The average Bonchev–Trinajstić information content (AvgIpc) is 2.93. The van der Waals surface area contributed by atoms with Crippen LogP contribution in [0.15, 0.2) is 42.5 Å². The van der Waals surface area contributed by atoms with Crippen molar-refractivity contribution in [2.75, 3.05) is 5.32 Å². The smallest absolute Gasteiger partial charge is 0.449 e. The van der Waals surface area contributed by atoms with Gasteiger partial charge in [0.25, 0.3) is 5.91 Å². The van der Waals surface area contributed by atoms with Crippen molar-refractivity contribution >= 4 is 22.6 Å². The van der Waals surface area contributed by atoms with E-state index in [-0.39, 0.29) is 16.7 Å². The van der Waals surface area contributed by atoms with Crippen LogP contribution in [0.5, 0.6) is 5.75 Å². The average molecular weight is 381 g/mol. The first-order chi connectivity index (χ1) is 12.6. The molecule has 1 amide bonds. The molecule has 27 heavy (non-hydrogen) atoms. The zero-order valence-corrected chi connectivity index (χ0v) is 14.3. The summed E-state index contributed by atoms with van der Waals surface area (Å²) >= 11 is 0. The highest BCUT2D eigenvalue weighted by Gasteiger charge is 2.36. The molecule has 0 saturated carbocycles. The number of alkyl halides is 3. The first kappa shape index (κ1) is 18.7. The van der Waals surface area contributed by atoms with Crippen molar-refractivity contribution in [3.05, 3.63) is 54.1 Å². The third-order valence-corrected chi connectivity index (χ3v) is 3.90. The molecule has 5 nitrogen and oxygen atoms in total. The number of imidazole rings is 1. The summed E-state index contributed by atoms with van der Waals surface area (Å²) in [6, 6.07) is 9.45. The number of ether oxygens (including phenoxy) is 1. The predicted molar refractivity (Wildman–Crippen MR) is 90.8 cm³/mol. The van der Waals surface area contributed by atoms with Crippen LogP contribution in [0.4, 0.5) is 23.2 Å². The Hall–Kier alpha value is -3.10. The van der Waals surface area contributed by atoms with E-state index >= 15 is 0 Å². The van der Waals surface area contributed by atoms with Crippen molar-refractivity contribution in [2.45, 2.75) is 19.2 Å². The van der Waals surface area contributed by atoms with Crippen molar-refractivity contribution < 1.29 is 27.1 Å². The van der Waals surface area contributed by atoms with Crippen LogP contribution in [-0.4, -0.2) is 21.6 Å². The van der Waals surface area contributed by atoms with Crippen LogP contribution in [-0.2, 0) is 18.0 Å². The van der Waals surface area contributed by atoms with E-state index in [2.05, 4.69) is 10.3 Å². The summed E-state index contributed by atoms with van der Waals surface area (Å²) in [6.07, 6.45) is -5.48. The molecule has 0 radical (unpaired) electrons. The van der Waals surface area contributed by atoms with Gasteiger partial charge < -0.3 is 14.6 Å². The van der Waals surface area contributed by atoms with Crippen LogP contribution in [0.3, 0.4) is 0 Å². The number of anilines is 1. The number of fused-ring (bicyclic) bond motifs is 1. The van der Waals surface area contributed by atoms with Gasteiger partial charge in [0.05, 0.1) is 11.0 Å². The number of hydrogen-bond donors (Lipinski definition) is 1. The lowest BCUT2D eigenvalue weighted by atomic mass is 10.2. The van der Waals surface area contributed by atoms with E-state index in [0.29, 0.717) is 5.75 Å². The fraction of sp³-hybridized carbons (Fsp3) is 0.222. The van der Waals surface area contributed by atoms with Gasteiger partial charge in [0.2, 0.25) is 5.82 Å². The molecule has 0 aliphatic rings. The molecule has 1 N–H and O–H groups in total. The number of halogens is 4. The van der Waals surface area contributed by atoms with Crippen molar-refractivity contribution in [3.63, 3.8) is 0 Å². The highest BCUT2D eigenvalue weighted by molar-refractivity contribution is 5.95. The Bertz CT molecular complexity index is 981. The number of aryl methyl sites for hydroxylation is 1. The molecular weight excluding hydrogens is 366 g/mol. The summed E-state index contributed by atoms with van der Waals surface area (Å²) in [7, 11) is 1.27. The summed E-state index contributed by atoms with van der Waals surface area (Å²) in [6.45, 7) is 1.50. The number of amides is 1. The van der Waals surface area contributed by atoms with Crippen LogP contribution < -0.4 is 10.1 Å². The Morgan fingerprint density at radius 1 is 1.19 bits per heavy atom. The van der Waals surface area contributed by atoms with Crippen LogP contribution >= 0.6 is 0 Å². The summed E-state index contributed by atoms with van der Waals surface area (Å²) in [5, 5.41) is 2.56. The second-order valence-corrected chi connectivity index (χ2v) is 5.90. The number of nitrogens with zero attached hydrogens (tertiary/aromatic N) is 2. The number of nitrogens with one attached hydrogen (secondary N) is 1. The van der Waals surface area contributed by atoms with Crippen LogP contribution in [0.25, 0.3) is 11.0 Å². The number of benzene rings is 2. The Morgan fingerprint density at radius 3 is 2.48 bits per heavy atom. The van der Waals surface area contributed by atoms with Gasteiger partial charge in [-0.25, -0.2) is 9.37 Å². The van der Waals surface area contributed by atoms with Crippen molar-refractivity contribution in [2.24, 2.45) is 7.05 Å². The summed E-state index contributed by atoms with van der Waals surface area (Å²) in [4.78, 5) is 15.8. The van der Waals surface area contributed by atoms with Crippen LogP contribution in [0.2, 0.25) is 0 Å². The van der Waals surface area contributed by atoms with Crippen LogP contribution in [0.1, 0.15) is 12.7 Å². The Labute approximate surface area is 151 Å². The first-order valence-corrected chi connectivity index (χ1v) is 7.92. The number of rotatable bonds is 4. The molecule has 1 unspecified atom stereocenters. The summed E-state index contributed by atoms with van der Waals surface area (Å²) in [5.74, 6) is -1.64. The van der Waals surface area contributed by atoms with Gasteiger partial charge in [0.1, 0.15) is 11.6 Å². The van der Waals surface area contributed by atoms with Gasteiger partial charge in [-0.05, 0) is 49.4 Å². The largest absolute Gasteiger partial charge is 0.481 e. The fourth-order valence-electron chi connectivity index (χ4n) is 2.55. The maximum Gasteiger partial charge on any atom is 0.449 e. The number of carbonyl (C=O) groups is 1. The van der Waals surface area contributed by atoms with E-state index < -0.39 is 29.8 Å². The lowest BCUT2D eigenvalue weighted by Gasteiger charge is -2.14. The third-order valence-electron chi connectivity index (χ3n) is 3.90. The Morgan fingerprint density at radius 2 is 1.85 bits per heavy atom. The van der Waals surface area contributed by atoms with Gasteiger partial charge in [0, 0.05) is 12.7 Å². The van der Waals surface area contributed by atoms with E-state index in [1.807, 2.05) is 0 Å². The number of carbonyl (C=O) groups excluding carboxylic acids is 1. The summed E-state index contributed by atoms with van der Waals surface area (Å²) < 4.78 is 58.1. The molecule has 1 aromatic heterocycles. The Kier molecular flexibility index (Phi) is 4.77. The molecule has 2 aromatic carbocycles. The normalized spacial score (nSPS) is 12.8. The number of aromatic nitrogens is 2. The van der Waals surface area contributed by atoms with Gasteiger partial charge in [-0.3, -0.25) is 4.79 Å². The zero-order chi connectivity index (χ0) is 19.8. The van der Waals surface area contributed by atoms with Gasteiger partial charge in [-0.2, -0.15) is 13.2 Å². The topological polar surface area (TPSA) is 56.1 Å². The van der Waals surface area contributed by atoms with E-state index in [1.165, 1.54) is 56.4 Å². The molecule has 3 aromatic rings. The second-order valence-electron chi connectivity index (χ2n) is 5.90. The first-order valence-electron chi connectivity index (χ1n) is 7.92. The van der Waals surface area contributed by atoms with Crippen LogP contribution in [0, 0.1) is 5.82 Å². The molecular formula is C18H15F4N3O2. The monoisotopic (exact) mass is 381 g/mol. The molecule has 1 heterocycles. The van der Waals surface area contributed by atoms with E-state index in [1.54, 1.807) is 0 Å². The van der Waals surface area contributed by atoms with Gasteiger partial charge in [0.15, 0.2) is 6.10 Å². The minimum atomic E-state index is -4.57. The molecule has 3 rings (SSSR count). The Balaban J connectivity index is 1.75. The highest BCUT2D eigenvalue weighted by atomic mass is 19.4. The quantitative estimate of drug-likeness (QED) is 0.691. The van der Waals surface area contributed by atoms with Gasteiger partial charge in [-0.15, -0.1) is 0 Å². The van der Waals surface area contributed by atoms with Gasteiger partial charge >= 0.3 is 6.18 Å². The molecule has 0 aliphatic heterocycles. The molecule has 0 fully saturated rings. The summed E-state index contributed by atoms with van der Waals surface area (Å²) in [5.41, 5.74) is 0.680.